The second-order valence-electron chi connectivity index (χ2n) is 5.12. The van der Waals surface area contributed by atoms with Crippen LogP contribution in [0.1, 0.15) is 20.5 Å². The van der Waals surface area contributed by atoms with Gasteiger partial charge in [-0.3, -0.25) is 0 Å². The summed E-state index contributed by atoms with van der Waals surface area (Å²) >= 11 is 5.55. The van der Waals surface area contributed by atoms with Crippen molar-refractivity contribution in [3.8, 4) is 27.3 Å². The third-order valence-electron chi connectivity index (χ3n) is 3.53. The van der Waals surface area contributed by atoms with Crippen LogP contribution in [-0.2, 0) is 0 Å². The van der Waals surface area contributed by atoms with Gasteiger partial charge in [0.15, 0.2) is 0 Å². The molecular formula is C18H11ClN2O2Se. The molecule has 118 valence electrons. The normalized spacial score (nSPS) is 10.4. The summed E-state index contributed by atoms with van der Waals surface area (Å²) in [5.74, 6) is -0.926. The van der Waals surface area contributed by atoms with E-state index in [-0.39, 0.29) is 14.5 Å². The third-order valence-corrected chi connectivity index (χ3v) is 6.29. The number of benzene rings is 2. The molecule has 1 aromatic heterocycles. The predicted molar refractivity (Wildman–Crippen MR) is 93.5 cm³/mol. The van der Waals surface area contributed by atoms with Gasteiger partial charge in [0.25, 0.3) is 0 Å². The van der Waals surface area contributed by atoms with Gasteiger partial charge in [-0.15, -0.1) is 0 Å². The van der Waals surface area contributed by atoms with E-state index in [1.165, 1.54) is 0 Å². The summed E-state index contributed by atoms with van der Waals surface area (Å²) in [6.07, 6.45) is 0. The van der Waals surface area contributed by atoms with Crippen LogP contribution < -0.4 is 0 Å². The number of aryl methyl sites for hydroxylation is 1. The zero-order valence-electron chi connectivity index (χ0n) is 12.6. The maximum atomic E-state index is 11.2. The Labute approximate surface area is 149 Å². The van der Waals surface area contributed by atoms with Crippen molar-refractivity contribution in [2.75, 3.05) is 0 Å². The molecule has 0 aliphatic heterocycles. The van der Waals surface area contributed by atoms with E-state index in [2.05, 4.69) is 11.1 Å². The standard InChI is InChI=1S/C18H11ClN2O2Se/c1-10-16(18(22)23)24-17(21-10)12-4-7-15(13(8-12)9-20)11-2-5-14(19)6-3-11/h2-8H,1H3,(H,22,23). The fourth-order valence-corrected chi connectivity index (χ4v) is 4.39. The van der Waals surface area contributed by atoms with Gasteiger partial charge >= 0.3 is 150 Å². The second kappa shape index (κ2) is 6.62. The van der Waals surface area contributed by atoms with Crippen molar-refractivity contribution in [2.45, 2.75) is 6.92 Å². The molecule has 0 spiro atoms. The van der Waals surface area contributed by atoms with Crippen LogP contribution in [0, 0.1) is 18.3 Å². The Bertz CT molecular complexity index is 972. The van der Waals surface area contributed by atoms with Gasteiger partial charge in [-0.1, -0.05) is 0 Å². The summed E-state index contributed by atoms with van der Waals surface area (Å²) < 4.78 is 1.09. The van der Waals surface area contributed by atoms with E-state index in [1.807, 2.05) is 24.3 Å². The summed E-state index contributed by atoms with van der Waals surface area (Å²) in [5, 5.41) is 19.3. The fourth-order valence-electron chi connectivity index (χ4n) is 2.37. The zero-order valence-corrected chi connectivity index (χ0v) is 15.0. The molecule has 6 heteroatoms. The second-order valence-corrected chi connectivity index (χ2v) is 7.65. The monoisotopic (exact) mass is 402 g/mol. The van der Waals surface area contributed by atoms with Crippen LogP contribution >= 0.6 is 11.6 Å². The first-order chi connectivity index (χ1) is 11.5. The van der Waals surface area contributed by atoms with Gasteiger partial charge in [0.05, 0.1) is 0 Å². The Morgan fingerprint density at radius 3 is 2.46 bits per heavy atom. The van der Waals surface area contributed by atoms with Crippen molar-refractivity contribution < 1.29 is 9.90 Å². The van der Waals surface area contributed by atoms with Crippen LogP contribution in [0.4, 0.5) is 0 Å². The van der Waals surface area contributed by atoms with E-state index in [0.29, 0.717) is 20.7 Å². The molecule has 0 amide bonds. The average molecular weight is 402 g/mol. The zero-order chi connectivity index (χ0) is 17.3. The third kappa shape index (κ3) is 3.13. The molecule has 0 atom stereocenters. The van der Waals surface area contributed by atoms with E-state index in [1.54, 1.807) is 25.1 Å². The number of nitriles is 1. The number of carboxylic acid groups (broad SMARTS) is 1. The molecule has 0 saturated carbocycles. The average Bonchev–Trinajstić information content (AvgIpc) is 2.97. The van der Waals surface area contributed by atoms with Crippen molar-refractivity contribution in [1.29, 1.82) is 5.26 Å². The number of carboxylic acids is 1. The van der Waals surface area contributed by atoms with Crippen molar-refractivity contribution in [2.24, 2.45) is 0 Å². The van der Waals surface area contributed by atoms with Crippen LogP contribution in [0.15, 0.2) is 42.5 Å². The molecule has 0 unspecified atom stereocenters. The van der Waals surface area contributed by atoms with Crippen LogP contribution in [0.5, 0.6) is 0 Å². The summed E-state index contributed by atoms with van der Waals surface area (Å²) in [4.78, 5) is 15.6. The number of rotatable bonds is 3. The minimum atomic E-state index is -0.926. The molecule has 3 aromatic rings. The number of carbonyl (C=O) groups is 1. The molecule has 1 N–H and O–H groups in total. The Hall–Kier alpha value is -2.38. The summed E-state index contributed by atoms with van der Waals surface area (Å²) in [5.41, 5.74) is 3.57. The first kappa shape index (κ1) is 16.5. The Kier molecular flexibility index (Phi) is 4.55. The summed E-state index contributed by atoms with van der Waals surface area (Å²) in [6.45, 7) is 1.70. The maximum absolute atomic E-state index is 11.2. The molecule has 24 heavy (non-hydrogen) atoms. The molecule has 4 nitrogen and oxygen atoms in total. The Balaban J connectivity index is 2.07. The van der Waals surface area contributed by atoms with Gasteiger partial charge in [0.1, 0.15) is 0 Å². The van der Waals surface area contributed by atoms with Gasteiger partial charge in [-0.05, 0) is 0 Å². The number of hydrogen-bond acceptors (Lipinski definition) is 3. The van der Waals surface area contributed by atoms with Gasteiger partial charge < -0.3 is 0 Å². The fraction of sp³-hybridized carbons (Fsp3) is 0.0556. The topological polar surface area (TPSA) is 74.0 Å². The van der Waals surface area contributed by atoms with Crippen LogP contribution in [0.3, 0.4) is 0 Å². The van der Waals surface area contributed by atoms with Gasteiger partial charge in [0, 0.05) is 0 Å². The minimum absolute atomic E-state index is 0.357. The molecule has 0 radical (unpaired) electrons. The molecule has 3 rings (SSSR count). The molecule has 0 fully saturated rings. The number of aromatic carboxylic acids is 1. The van der Waals surface area contributed by atoms with E-state index in [0.717, 1.165) is 21.3 Å². The molecule has 2 aromatic carbocycles. The van der Waals surface area contributed by atoms with Gasteiger partial charge in [-0.25, -0.2) is 0 Å². The molecule has 0 aliphatic carbocycles. The molecule has 0 bridgehead atoms. The van der Waals surface area contributed by atoms with Gasteiger partial charge in [-0.2, -0.15) is 0 Å². The quantitative estimate of drug-likeness (QED) is 0.673. The number of aromatic nitrogens is 1. The number of nitrogens with zero attached hydrogens (tertiary/aromatic N) is 2. The van der Waals surface area contributed by atoms with Crippen molar-refractivity contribution in [1.82, 2.24) is 4.98 Å². The molecule has 0 aliphatic rings. The molecule has 0 saturated heterocycles. The van der Waals surface area contributed by atoms with Crippen LogP contribution in [0.25, 0.3) is 21.3 Å². The first-order valence-corrected chi connectivity index (χ1v) is 9.10. The Morgan fingerprint density at radius 2 is 1.88 bits per heavy atom. The Morgan fingerprint density at radius 1 is 1.21 bits per heavy atom. The van der Waals surface area contributed by atoms with Crippen molar-refractivity contribution in [3.63, 3.8) is 0 Å². The number of halogens is 1. The number of hydrogen-bond donors (Lipinski definition) is 1. The summed E-state index contributed by atoms with van der Waals surface area (Å²) in [7, 11) is 0. The SMILES string of the molecule is Cc1nc(-c2ccc(-c3ccc(Cl)cc3)c(C#N)c2)[se]c1C(=O)O. The van der Waals surface area contributed by atoms with E-state index < -0.39 is 5.97 Å². The predicted octanol–water partition coefficient (Wildman–Crippen LogP) is 4.00. The molecule has 1 heterocycles. The van der Waals surface area contributed by atoms with Crippen LogP contribution in [0.2, 0.25) is 5.02 Å². The van der Waals surface area contributed by atoms with Crippen molar-refractivity contribution in [3.05, 3.63) is 63.2 Å². The van der Waals surface area contributed by atoms with E-state index >= 15 is 0 Å². The van der Waals surface area contributed by atoms with Gasteiger partial charge in [0.2, 0.25) is 0 Å². The summed E-state index contributed by atoms with van der Waals surface area (Å²) in [6, 6.07) is 15.0. The van der Waals surface area contributed by atoms with E-state index in [4.69, 9.17) is 11.6 Å². The first-order valence-electron chi connectivity index (χ1n) is 7.01. The van der Waals surface area contributed by atoms with Crippen molar-refractivity contribution >= 4 is 32.1 Å². The van der Waals surface area contributed by atoms with E-state index in [9.17, 15) is 15.2 Å². The molecular weight excluding hydrogens is 391 g/mol. The van der Waals surface area contributed by atoms with Crippen LogP contribution in [-0.4, -0.2) is 30.6 Å².